The van der Waals surface area contributed by atoms with E-state index in [2.05, 4.69) is 30.1 Å². The van der Waals surface area contributed by atoms with E-state index in [9.17, 15) is 0 Å². The van der Waals surface area contributed by atoms with E-state index in [0.29, 0.717) is 0 Å². The number of rotatable bonds is 1. The lowest BCUT2D eigenvalue weighted by molar-refractivity contribution is 1.23. The summed E-state index contributed by atoms with van der Waals surface area (Å²) in [5, 5.41) is 3.21. The second kappa shape index (κ2) is 4.67. The van der Waals surface area contributed by atoms with E-state index in [1.807, 2.05) is 37.4 Å². The van der Waals surface area contributed by atoms with Crippen molar-refractivity contribution < 1.29 is 0 Å². The van der Waals surface area contributed by atoms with Gasteiger partial charge in [-0.1, -0.05) is 41.4 Å². The molecule has 19 heavy (non-hydrogen) atoms. The van der Waals surface area contributed by atoms with Crippen LogP contribution in [0.4, 0.5) is 0 Å². The quantitative estimate of drug-likeness (QED) is 0.593. The Kier molecular flexibility index (Phi) is 3.00. The summed E-state index contributed by atoms with van der Waals surface area (Å²) in [4.78, 5) is 4.51. The van der Waals surface area contributed by atoms with Crippen LogP contribution < -0.4 is 0 Å². The zero-order valence-corrected chi connectivity index (χ0v) is 11.7. The zero-order valence-electron chi connectivity index (χ0n) is 10.9. The minimum absolute atomic E-state index is 0.754. The summed E-state index contributed by atoms with van der Waals surface area (Å²) in [5.74, 6) is 0. The molecular weight excluding hydrogens is 254 g/mol. The van der Waals surface area contributed by atoms with Crippen molar-refractivity contribution >= 4 is 22.4 Å². The van der Waals surface area contributed by atoms with Gasteiger partial charge in [0.25, 0.3) is 0 Å². The van der Waals surface area contributed by atoms with Gasteiger partial charge in [0.15, 0.2) is 0 Å². The molecule has 0 saturated heterocycles. The lowest BCUT2D eigenvalue weighted by Crippen LogP contribution is -1.89. The predicted molar refractivity (Wildman–Crippen MR) is 81.7 cm³/mol. The second-order valence-electron chi connectivity index (χ2n) is 4.81. The summed E-state index contributed by atoms with van der Waals surface area (Å²) in [7, 11) is 0. The molecule has 0 fully saturated rings. The maximum Gasteiger partial charge on any atom is 0.0451 e. The fourth-order valence-corrected chi connectivity index (χ4v) is 2.48. The van der Waals surface area contributed by atoms with Crippen molar-refractivity contribution in [3.05, 3.63) is 64.9 Å². The van der Waals surface area contributed by atoms with E-state index in [4.69, 9.17) is 11.6 Å². The van der Waals surface area contributed by atoms with Crippen molar-refractivity contribution in [1.82, 2.24) is 4.98 Å². The monoisotopic (exact) mass is 267 g/mol. The highest BCUT2D eigenvalue weighted by molar-refractivity contribution is 6.30. The molecular formula is C17H14ClN. The fourth-order valence-electron chi connectivity index (χ4n) is 2.35. The third-order valence-corrected chi connectivity index (χ3v) is 3.65. The first kappa shape index (κ1) is 12.2. The number of aromatic nitrogens is 1. The van der Waals surface area contributed by atoms with Gasteiger partial charge in [-0.05, 0) is 43.0 Å². The molecule has 0 atom stereocenters. The van der Waals surface area contributed by atoms with Gasteiger partial charge < -0.3 is 0 Å². The Bertz CT molecular complexity index is 745. The summed E-state index contributed by atoms with van der Waals surface area (Å²) in [6, 6.07) is 14.4. The number of pyridine rings is 1. The highest BCUT2D eigenvalue weighted by atomic mass is 35.5. The molecule has 2 heteroatoms. The number of aryl methyl sites for hydroxylation is 2. The third-order valence-electron chi connectivity index (χ3n) is 3.40. The summed E-state index contributed by atoms with van der Waals surface area (Å²) in [6.07, 6.45) is 1.94. The standard InChI is InChI=1S/C17H14ClN/c1-11-3-8-15-16(9-11)12(2)19-10-17(15)13-4-6-14(18)7-5-13/h3-10H,1-2H3. The van der Waals surface area contributed by atoms with E-state index in [-0.39, 0.29) is 0 Å². The largest absolute Gasteiger partial charge is 0.260 e. The molecule has 0 spiro atoms. The molecule has 2 aromatic carbocycles. The van der Waals surface area contributed by atoms with Crippen LogP contribution >= 0.6 is 11.6 Å². The van der Waals surface area contributed by atoms with E-state index < -0.39 is 0 Å². The molecule has 1 aromatic heterocycles. The maximum absolute atomic E-state index is 5.95. The van der Waals surface area contributed by atoms with Crippen LogP contribution in [0.3, 0.4) is 0 Å². The summed E-state index contributed by atoms with van der Waals surface area (Å²) in [5.41, 5.74) is 4.62. The van der Waals surface area contributed by atoms with E-state index in [1.165, 1.54) is 16.3 Å². The Morgan fingerprint density at radius 3 is 2.37 bits per heavy atom. The van der Waals surface area contributed by atoms with Crippen LogP contribution in [0.5, 0.6) is 0 Å². The average Bonchev–Trinajstić information content (AvgIpc) is 2.41. The molecule has 0 unspecified atom stereocenters. The van der Waals surface area contributed by atoms with Crippen molar-refractivity contribution in [3.8, 4) is 11.1 Å². The first-order valence-corrected chi connectivity index (χ1v) is 6.65. The van der Waals surface area contributed by atoms with Crippen LogP contribution in [0.2, 0.25) is 5.02 Å². The van der Waals surface area contributed by atoms with Crippen molar-refractivity contribution in [2.75, 3.05) is 0 Å². The highest BCUT2D eigenvalue weighted by Crippen LogP contribution is 2.30. The van der Waals surface area contributed by atoms with Crippen LogP contribution in [-0.2, 0) is 0 Å². The lowest BCUT2D eigenvalue weighted by atomic mass is 9.98. The van der Waals surface area contributed by atoms with Gasteiger partial charge in [0, 0.05) is 27.9 Å². The number of nitrogens with zero attached hydrogens (tertiary/aromatic N) is 1. The first-order chi connectivity index (χ1) is 9.15. The summed E-state index contributed by atoms with van der Waals surface area (Å²) < 4.78 is 0. The molecule has 0 aliphatic rings. The van der Waals surface area contributed by atoms with Crippen LogP contribution in [0.15, 0.2) is 48.7 Å². The first-order valence-electron chi connectivity index (χ1n) is 6.27. The molecule has 0 aliphatic heterocycles. The molecule has 0 bridgehead atoms. The van der Waals surface area contributed by atoms with Gasteiger partial charge in [-0.25, -0.2) is 0 Å². The van der Waals surface area contributed by atoms with Gasteiger partial charge >= 0.3 is 0 Å². The lowest BCUT2D eigenvalue weighted by Gasteiger charge is -2.09. The van der Waals surface area contributed by atoms with Crippen molar-refractivity contribution in [2.24, 2.45) is 0 Å². The van der Waals surface area contributed by atoms with E-state index in [0.717, 1.165) is 21.8 Å². The number of hydrogen-bond acceptors (Lipinski definition) is 1. The molecule has 1 nitrogen and oxygen atoms in total. The molecule has 3 rings (SSSR count). The van der Waals surface area contributed by atoms with E-state index in [1.54, 1.807) is 0 Å². The molecule has 0 N–H and O–H groups in total. The maximum atomic E-state index is 5.95. The van der Waals surface area contributed by atoms with Gasteiger partial charge in [-0.15, -0.1) is 0 Å². The zero-order chi connectivity index (χ0) is 13.4. The van der Waals surface area contributed by atoms with Crippen LogP contribution in [-0.4, -0.2) is 4.98 Å². The Balaban J connectivity index is 2.30. The van der Waals surface area contributed by atoms with Gasteiger partial charge in [0.1, 0.15) is 0 Å². The van der Waals surface area contributed by atoms with E-state index >= 15 is 0 Å². The minimum Gasteiger partial charge on any atom is -0.260 e. The third kappa shape index (κ3) is 2.22. The molecule has 0 saturated carbocycles. The normalized spacial score (nSPS) is 10.9. The predicted octanol–water partition coefficient (Wildman–Crippen LogP) is 5.17. The van der Waals surface area contributed by atoms with Gasteiger partial charge in [-0.2, -0.15) is 0 Å². The number of halogens is 1. The Morgan fingerprint density at radius 2 is 1.63 bits per heavy atom. The van der Waals surface area contributed by atoms with Gasteiger partial charge in [0.2, 0.25) is 0 Å². The fraction of sp³-hybridized carbons (Fsp3) is 0.118. The summed E-state index contributed by atoms with van der Waals surface area (Å²) in [6.45, 7) is 4.15. The average molecular weight is 268 g/mol. The number of benzene rings is 2. The van der Waals surface area contributed by atoms with Crippen molar-refractivity contribution in [3.63, 3.8) is 0 Å². The molecule has 0 radical (unpaired) electrons. The Labute approximate surface area is 117 Å². The van der Waals surface area contributed by atoms with Crippen LogP contribution in [0.25, 0.3) is 21.9 Å². The minimum atomic E-state index is 0.754. The van der Waals surface area contributed by atoms with Crippen molar-refractivity contribution in [1.29, 1.82) is 0 Å². The summed E-state index contributed by atoms with van der Waals surface area (Å²) >= 11 is 5.95. The smallest absolute Gasteiger partial charge is 0.0451 e. The molecule has 0 aliphatic carbocycles. The molecule has 1 heterocycles. The topological polar surface area (TPSA) is 12.9 Å². The molecule has 3 aromatic rings. The number of hydrogen-bond donors (Lipinski definition) is 0. The molecule has 0 amide bonds. The SMILES string of the molecule is Cc1ccc2c(-c3ccc(Cl)cc3)cnc(C)c2c1. The van der Waals surface area contributed by atoms with Crippen molar-refractivity contribution in [2.45, 2.75) is 13.8 Å². The number of fused-ring (bicyclic) bond motifs is 1. The highest BCUT2D eigenvalue weighted by Gasteiger charge is 2.07. The van der Waals surface area contributed by atoms with Crippen LogP contribution in [0, 0.1) is 13.8 Å². The molecule has 94 valence electrons. The van der Waals surface area contributed by atoms with Crippen LogP contribution in [0.1, 0.15) is 11.3 Å². The Hall–Kier alpha value is -1.86. The van der Waals surface area contributed by atoms with Gasteiger partial charge in [-0.3, -0.25) is 4.98 Å². The Morgan fingerprint density at radius 1 is 0.895 bits per heavy atom. The van der Waals surface area contributed by atoms with Gasteiger partial charge in [0.05, 0.1) is 0 Å². The second-order valence-corrected chi connectivity index (χ2v) is 5.25.